The summed E-state index contributed by atoms with van der Waals surface area (Å²) in [6.07, 6.45) is 0. The topological polar surface area (TPSA) is 54.0 Å². The number of anilines is 2. The van der Waals surface area contributed by atoms with Gasteiger partial charge in [-0.25, -0.2) is 4.98 Å². The Hall–Kier alpha value is -1.88. The number of hydrogen-bond acceptors (Lipinski definition) is 4. The van der Waals surface area contributed by atoms with Crippen LogP contribution < -0.4 is 10.6 Å². The van der Waals surface area contributed by atoms with Gasteiger partial charge in [0.2, 0.25) is 5.91 Å². The van der Waals surface area contributed by atoms with Crippen molar-refractivity contribution in [1.82, 2.24) is 4.98 Å². The molecule has 2 rings (SSSR count). The fourth-order valence-corrected chi connectivity index (χ4v) is 2.29. The summed E-state index contributed by atoms with van der Waals surface area (Å²) < 4.78 is 0. The average molecular weight is 289 g/mol. The summed E-state index contributed by atoms with van der Waals surface area (Å²) in [6, 6.07) is 7.72. The fraction of sp³-hybridized carbons (Fsp3) is 0.333. The summed E-state index contributed by atoms with van der Waals surface area (Å²) >= 11 is 1.65. The second kappa shape index (κ2) is 6.52. The molecule has 1 heterocycles. The Morgan fingerprint density at radius 2 is 2.10 bits per heavy atom. The number of amides is 1. The van der Waals surface area contributed by atoms with Gasteiger partial charge in [0.25, 0.3) is 0 Å². The molecule has 0 bridgehead atoms. The lowest BCUT2D eigenvalue weighted by atomic mass is 10.2. The highest BCUT2D eigenvalue weighted by atomic mass is 32.1. The quantitative estimate of drug-likeness (QED) is 0.883. The lowest BCUT2D eigenvalue weighted by Gasteiger charge is -2.10. The molecule has 0 aliphatic heterocycles. The van der Waals surface area contributed by atoms with Crippen LogP contribution in [0.1, 0.15) is 24.5 Å². The molecule has 2 N–H and O–H groups in total. The zero-order valence-corrected chi connectivity index (χ0v) is 12.8. The molecule has 106 valence electrons. The predicted octanol–water partition coefficient (Wildman–Crippen LogP) is 3.66. The average Bonchev–Trinajstić information content (AvgIpc) is 2.82. The smallest absolute Gasteiger partial charge is 0.226 e. The lowest BCUT2D eigenvalue weighted by molar-refractivity contribution is -0.118. The highest BCUT2D eigenvalue weighted by molar-refractivity contribution is 7.09. The molecule has 5 heteroatoms. The summed E-state index contributed by atoms with van der Waals surface area (Å²) in [5.41, 5.74) is 2.81. The number of nitrogens with zero attached hydrogens (tertiary/aromatic N) is 1. The van der Waals surface area contributed by atoms with Crippen molar-refractivity contribution in [2.45, 2.75) is 27.3 Å². The third-order valence-electron chi connectivity index (χ3n) is 2.79. The fourth-order valence-electron chi connectivity index (χ4n) is 1.68. The first-order valence-corrected chi connectivity index (χ1v) is 7.48. The van der Waals surface area contributed by atoms with Crippen molar-refractivity contribution >= 4 is 28.6 Å². The Morgan fingerprint density at radius 3 is 2.75 bits per heavy atom. The normalized spacial score (nSPS) is 10.6. The van der Waals surface area contributed by atoms with Crippen LogP contribution in [0.3, 0.4) is 0 Å². The summed E-state index contributed by atoms with van der Waals surface area (Å²) in [5.74, 6) is 0.00173. The summed E-state index contributed by atoms with van der Waals surface area (Å²) in [5, 5.41) is 9.32. The third-order valence-corrected chi connectivity index (χ3v) is 3.62. The lowest BCUT2D eigenvalue weighted by Crippen LogP contribution is -2.17. The van der Waals surface area contributed by atoms with Gasteiger partial charge in [-0.05, 0) is 25.1 Å². The number of carbonyl (C=O) groups excluding carboxylic acids is 1. The first kappa shape index (κ1) is 14.5. The van der Waals surface area contributed by atoms with Crippen LogP contribution >= 0.6 is 11.3 Å². The molecule has 0 aliphatic carbocycles. The van der Waals surface area contributed by atoms with Crippen molar-refractivity contribution in [2.24, 2.45) is 5.92 Å². The molecular formula is C15H19N3OS. The van der Waals surface area contributed by atoms with E-state index in [-0.39, 0.29) is 11.8 Å². The second-order valence-electron chi connectivity index (χ2n) is 4.94. The zero-order valence-electron chi connectivity index (χ0n) is 11.9. The van der Waals surface area contributed by atoms with Crippen molar-refractivity contribution in [2.75, 3.05) is 10.6 Å². The summed E-state index contributed by atoms with van der Waals surface area (Å²) in [7, 11) is 0. The van der Waals surface area contributed by atoms with Crippen LogP contribution in [0, 0.1) is 12.8 Å². The minimum atomic E-state index is -0.0235. The molecule has 1 aromatic heterocycles. The molecule has 20 heavy (non-hydrogen) atoms. The predicted molar refractivity (Wildman–Crippen MR) is 84.1 cm³/mol. The Labute approximate surface area is 123 Å². The molecule has 0 atom stereocenters. The summed E-state index contributed by atoms with van der Waals surface area (Å²) in [6.45, 7) is 6.44. The molecule has 0 spiro atoms. The highest BCUT2D eigenvalue weighted by Crippen LogP contribution is 2.17. The van der Waals surface area contributed by atoms with E-state index in [1.54, 1.807) is 11.3 Å². The number of aromatic nitrogens is 1. The number of aryl methyl sites for hydroxylation is 1. The largest absolute Gasteiger partial charge is 0.379 e. The number of carbonyl (C=O) groups is 1. The van der Waals surface area contributed by atoms with E-state index in [0.717, 1.165) is 22.1 Å². The zero-order chi connectivity index (χ0) is 14.5. The van der Waals surface area contributed by atoms with Crippen molar-refractivity contribution < 1.29 is 4.79 Å². The first-order chi connectivity index (χ1) is 9.54. The van der Waals surface area contributed by atoms with Crippen LogP contribution in [0.5, 0.6) is 0 Å². The molecule has 0 unspecified atom stereocenters. The number of rotatable bonds is 5. The van der Waals surface area contributed by atoms with E-state index in [1.807, 2.05) is 50.4 Å². The van der Waals surface area contributed by atoms with Crippen LogP contribution in [0.4, 0.5) is 11.4 Å². The summed E-state index contributed by atoms with van der Waals surface area (Å²) in [4.78, 5) is 16.1. The van der Waals surface area contributed by atoms with Crippen LogP contribution in [0.15, 0.2) is 29.6 Å². The van der Waals surface area contributed by atoms with Crippen molar-refractivity contribution in [3.05, 3.63) is 40.3 Å². The standard InChI is InChI=1S/C15H19N3OS/c1-10(2)15(19)18-13-6-4-5-12(7-13)16-8-14-9-20-11(3)17-14/h4-7,9-10,16H,8H2,1-3H3,(H,18,19). The minimum Gasteiger partial charge on any atom is -0.379 e. The molecule has 2 aromatic rings. The molecule has 0 saturated heterocycles. The molecule has 1 aromatic carbocycles. The SMILES string of the molecule is Cc1nc(CNc2cccc(NC(=O)C(C)C)c2)cs1. The third kappa shape index (κ3) is 4.06. The van der Waals surface area contributed by atoms with Gasteiger partial charge in [-0.1, -0.05) is 19.9 Å². The maximum atomic E-state index is 11.7. The van der Waals surface area contributed by atoms with Crippen molar-refractivity contribution in [1.29, 1.82) is 0 Å². The van der Waals surface area contributed by atoms with Gasteiger partial charge in [0, 0.05) is 22.7 Å². The van der Waals surface area contributed by atoms with Crippen LogP contribution in [-0.2, 0) is 11.3 Å². The number of nitrogens with one attached hydrogen (secondary N) is 2. The van der Waals surface area contributed by atoms with Gasteiger partial charge in [0.1, 0.15) is 0 Å². The molecule has 0 fully saturated rings. The van der Waals surface area contributed by atoms with Gasteiger partial charge < -0.3 is 10.6 Å². The van der Waals surface area contributed by atoms with Crippen molar-refractivity contribution in [3.63, 3.8) is 0 Å². The van der Waals surface area contributed by atoms with Gasteiger partial charge in [0.15, 0.2) is 0 Å². The molecule has 0 aliphatic rings. The van der Waals surface area contributed by atoms with E-state index < -0.39 is 0 Å². The van der Waals surface area contributed by atoms with E-state index in [0.29, 0.717) is 6.54 Å². The minimum absolute atomic E-state index is 0.0235. The van der Waals surface area contributed by atoms with Gasteiger partial charge >= 0.3 is 0 Å². The van der Waals surface area contributed by atoms with Gasteiger partial charge in [0.05, 0.1) is 17.2 Å². The highest BCUT2D eigenvalue weighted by Gasteiger charge is 2.07. The van der Waals surface area contributed by atoms with Gasteiger partial charge in [-0.15, -0.1) is 11.3 Å². The molecule has 0 saturated carbocycles. The maximum absolute atomic E-state index is 11.7. The molecule has 0 radical (unpaired) electrons. The van der Waals surface area contributed by atoms with Crippen LogP contribution in [0.2, 0.25) is 0 Å². The van der Waals surface area contributed by atoms with Crippen molar-refractivity contribution in [3.8, 4) is 0 Å². The molecule has 4 nitrogen and oxygen atoms in total. The monoisotopic (exact) mass is 289 g/mol. The Bertz CT molecular complexity index is 592. The first-order valence-electron chi connectivity index (χ1n) is 6.60. The molecule has 1 amide bonds. The maximum Gasteiger partial charge on any atom is 0.226 e. The van der Waals surface area contributed by atoms with E-state index >= 15 is 0 Å². The van der Waals surface area contributed by atoms with Crippen LogP contribution in [-0.4, -0.2) is 10.9 Å². The van der Waals surface area contributed by atoms with E-state index in [9.17, 15) is 4.79 Å². The van der Waals surface area contributed by atoms with E-state index in [4.69, 9.17) is 0 Å². The van der Waals surface area contributed by atoms with E-state index in [1.165, 1.54) is 0 Å². The van der Waals surface area contributed by atoms with Gasteiger partial charge in [-0.3, -0.25) is 4.79 Å². The Kier molecular flexibility index (Phi) is 4.74. The Morgan fingerprint density at radius 1 is 1.35 bits per heavy atom. The number of thiazole rings is 1. The van der Waals surface area contributed by atoms with E-state index in [2.05, 4.69) is 15.6 Å². The Balaban J connectivity index is 1.97. The second-order valence-corrected chi connectivity index (χ2v) is 6.00. The number of benzene rings is 1. The molecular weight excluding hydrogens is 270 g/mol. The van der Waals surface area contributed by atoms with Gasteiger partial charge in [-0.2, -0.15) is 0 Å². The number of hydrogen-bond donors (Lipinski definition) is 2. The van der Waals surface area contributed by atoms with Crippen LogP contribution in [0.25, 0.3) is 0 Å².